The molecule has 0 aromatic rings. The third kappa shape index (κ3) is 11.0. The highest BCUT2D eigenvalue weighted by Gasteiger charge is 2.08. The molecule has 15 heavy (non-hydrogen) atoms. The fraction of sp³-hybridized carbons (Fsp3) is 1.00. The first-order chi connectivity index (χ1) is 7.16. The molecule has 1 saturated heterocycles. The van der Waals surface area contributed by atoms with Crippen LogP contribution in [-0.2, 0) is 4.74 Å². The van der Waals surface area contributed by atoms with Gasteiger partial charge in [0.2, 0.25) is 0 Å². The Morgan fingerprint density at radius 3 is 2.33 bits per heavy atom. The third-order valence-electron chi connectivity index (χ3n) is 1.99. The molecule has 7 nitrogen and oxygen atoms in total. The lowest BCUT2D eigenvalue weighted by atomic mass is 10.3. The van der Waals surface area contributed by atoms with E-state index in [2.05, 4.69) is 4.90 Å². The molecule has 1 aliphatic rings. The molecule has 0 aromatic carbocycles. The van der Waals surface area contributed by atoms with Gasteiger partial charge >= 0.3 is 0 Å². The summed E-state index contributed by atoms with van der Waals surface area (Å²) in [6.07, 6.45) is 2.04. The molecular formula is C8H18N2O5. The zero-order valence-corrected chi connectivity index (χ0v) is 8.67. The summed E-state index contributed by atoms with van der Waals surface area (Å²) in [6.45, 7) is 5.31. The summed E-state index contributed by atoms with van der Waals surface area (Å²) in [7, 11) is 0. The van der Waals surface area contributed by atoms with Crippen molar-refractivity contribution in [1.82, 2.24) is 4.90 Å². The zero-order valence-electron chi connectivity index (χ0n) is 8.67. The van der Waals surface area contributed by atoms with Gasteiger partial charge in [0.05, 0.1) is 13.2 Å². The van der Waals surface area contributed by atoms with Crippen molar-refractivity contribution >= 4 is 0 Å². The molecule has 0 radical (unpaired) electrons. The molecule has 1 heterocycles. The summed E-state index contributed by atoms with van der Waals surface area (Å²) in [4.78, 5) is 10.7. The van der Waals surface area contributed by atoms with E-state index in [4.69, 9.17) is 25.2 Å². The minimum atomic E-state index is -1.50. The maximum Gasteiger partial charge on any atom is 0.291 e. The van der Waals surface area contributed by atoms with Gasteiger partial charge < -0.3 is 15.1 Å². The predicted molar refractivity (Wildman–Crippen MR) is 52.4 cm³/mol. The number of aliphatic hydroxyl groups excluding tert-OH is 1. The van der Waals surface area contributed by atoms with Crippen LogP contribution in [0.5, 0.6) is 0 Å². The zero-order chi connectivity index (χ0) is 11.5. The highest BCUT2D eigenvalue weighted by molar-refractivity contribution is 4.61. The van der Waals surface area contributed by atoms with Crippen molar-refractivity contribution in [3.05, 3.63) is 10.1 Å². The van der Waals surface area contributed by atoms with E-state index in [0.717, 1.165) is 45.7 Å². The molecule has 0 atom stereocenters. The van der Waals surface area contributed by atoms with Crippen LogP contribution >= 0.6 is 0 Å². The second-order valence-electron chi connectivity index (χ2n) is 3.12. The van der Waals surface area contributed by atoms with Crippen LogP contribution in [0.25, 0.3) is 0 Å². The Kier molecular flexibility index (Phi) is 9.04. The number of ether oxygens (including phenoxy) is 1. The van der Waals surface area contributed by atoms with Crippen LogP contribution in [0.2, 0.25) is 0 Å². The molecule has 0 bridgehead atoms. The highest BCUT2D eigenvalue weighted by atomic mass is 16.9. The molecule has 1 aliphatic heterocycles. The minimum Gasteiger partial charge on any atom is -0.396 e. The van der Waals surface area contributed by atoms with Crippen LogP contribution in [-0.4, -0.2) is 59.8 Å². The summed E-state index contributed by atoms with van der Waals surface area (Å²) >= 11 is 0. The van der Waals surface area contributed by atoms with Crippen LogP contribution in [0.3, 0.4) is 0 Å². The maximum absolute atomic E-state index is 8.55. The van der Waals surface area contributed by atoms with Crippen molar-refractivity contribution in [2.75, 3.05) is 39.5 Å². The Balaban J connectivity index is 0.000000423. The fourth-order valence-electron chi connectivity index (χ4n) is 1.27. The molecule has 1 fully saturated rings. The van der Waals surface area contributed by atoms with E-state index in [1.54, 1.807) is 0 Å². The first kappa shape index (κ1) is 14.1. The molecule has 7 heteroatoms. The molecule has 0 spiro atoms. The van der Waals surface area contributed by atoms with Crippen LogP contribution < -0.4 is 0 Å². The van der Waals surface area contributed by atoms with Gasteiger partial charge in [0.15, 0.2) is 0 Å². The van der Waals surface area contributed by atoms with E-state index in [9.17, 15) is 0 Å². The highest BCUT2D eigenvalue weighted by Crippen LogP contribution is 1.99. The Morgan fingerprint density at radius 1 is 1.33 bits per heavy atom. The van der Waals surface area contributed by atoms with Crippen LogP contribution in [0, 0.1) is 10.1 Å². The summed E-state index contributed by atoms with van der Waals surface area (Å²) in [6, 6.07) is 0. The number of nitrogens with zero attached hydrogens (tertiary/aromatic N) is 2. The van der Waals surface area contributed by atoms with E-state index < -0.39 is 5.09 Å². The van der Waals surface area contributed by atoms with Gasteiger partial charge in [0.1, 0.15) is 0 Å². The first-order valence-electron chi connectivity index (χ1n) is 4.91. The smallest absolute Gasteiger partial charge is 0.291 e. The normalized spacial score (nSPS) is 16.6. The Hall–Kier alpha value is -0.920. The van der Waals surface area contributed by atoms with Gasteiger partial charge in [-0.2, -0.15) is 0 Å². The monoisotopic (exact) mass is 222 g/mol. The van der Waals surface area contributed by atoms with Crippen LogP contribution in [0.4, 0.5) is 0 Å². The van der Waals surface area contributed by atoms with E-state index in [1.165, 1.54) is 0 Å². The van der Waals surface area contributed by atoms with Gasteiger partial charge in [-0.25, -0.2) is 0 Å². The van der Waals surface area contributed by atoms with Crippen molar-refractivity contribution in [2.45, 2.75) is 12.8 Å². The van der Waals surface area contributed by atoms with E-state index in [0.29, 0.717) is 6.61 Å². The van der Waals surface area contributed by atoms with Gasteiger partial charge in [-0.1, -0.05) is 0 Å². The molecule has 2 N–H and O–H groups in total. The Bertz CT molecular complexity index is 157. The van der Waals surface area contributed by atoms with Gasteiger partial charge in [0, 0.05) is 19.7 Å². The predicted octanol–water partition coefficient (Wildman–Crippen LogP) is -0.257. The molecule has 90 valence electrons. The number of hydrogen-bond acceptors (Lipinski definition) is 5. The van der Waals surface area contributed by atoms with E-state index >= 15 is 0 Å². The molecule has 1 rings (SSSR count). The lowest BCUT2D eigenvalue weighted by Gasteiger charge is -2.26. The Labute approximate surface area is 88.4 Å². The second-order valence-corrected chi connectivity index (χ2v) is 3.12. The van der Waals surface area contributed by atoms with E-state index in [1.807, 2.05) is 0 Å². The van der Waals surface area contributed by atoms with Crippen molar-refractivity contribution in [3.8, 4) is 0 Å². The average molecular weight is 222 g/mol. The fourth-order valence-corrected chi connectivity index (χ4v) is 1.27. The molecule has 0 aromatic heterocycles. The second kappa shape index (κ2) is 9.63. The minimum absolute atomic E-state index is 0.324. The quantitative estimate of drug-likeness (QED) is 0.386. The van der Waals surface area contributed by atoms with Gasteiger partial charge in [-0.3, -0.25) is 4.90 Å². The van der Waals surface area contributed by atoms with Gasteiger partial charge in [0.25, 0.3) is 5.09 Å². The molecule has 0 amide bonds. The first-order valence-corrected chi connectivity index (χ1v) is 4.91. The number of aliphatic hydroxyl groups is 1. The van der Waals surface area contributed by atoms with Crippen LogP contribution in [0.1, 0.15) is 12.8 Å². The number of morpholine rings is 1. The summed E-state index contributed by atoms with van der Waals surface area (Å²) in [5.74, 6) is 0. The Morgan fingerprint density at radius 2 is 1.87 bits per heavy atom. The molecular weight excluding hydrogens is 204 g/mol. The maximum atomic E-state index is 8.55. The topological polar surface area (TPSA) is 96.1 Å². The van der Waals surface area contributed by atoms with Gasteiger partial charge in [-0.15, -0.1) is 10.1 Å². The van der Waals surface area contributed by atoms with Crippen molar-refractivity contribution in [3.63, 3.8) is 0 Å². The largest absolute Gasteiger partial charge is 0.396 e. The third-order valence-corrected chi connectivity index (χ3v) is 1.99. The summed E-state index contributed by atoms with van der Waals surface area (Å²) in [5, 5.41) is 22.2. The SMILES string of the molecule is O=[N+]([O-])O.OCCCCN1CCOCC1. The lowest BCUT2D eigenvalue weighted by Crippen LogP contribution is -2.36. The number of rotatable bonds is 4. The number of unbranched alkanes of at least 4 members (excludes halogenated alkanes) is 1. The van der Waals surface area contributed by atoms with Crippen LogP contribution in [0.15, 0.2) is 0 Å². The number of hydrogen-bond donors (Lipinski definition) is 2. The lowest BCUT2D eigenvalue weighted by molar-refractivity contribution is -0.742. The molecule has 0 unspecified atom stereocenters. The summed E-state index contributed by atoms with van der Waals surface area (Å²) < 4.78 is 5.21. The van der Waals surface area contributed by atoms with Gasteiger partial charge in [-0.05, 0) is 19.4 Å². The van der Waals surface area contributed by atoms with Crippen molar-refractivity contribution < 1.29 is 20.1 Å². The summed E-state index contributed by atoms with van der Waals surface area (Å²) in [5.41, 5.74) is 0. The average Bonchev–Trinajstić information content (AvgIpc) is 2.19. The van der Waals surface area contributed by atoms with Crippen molar-refractivity contribution in [1.29, 1.82) is 0 Å². The molecule has 0 aliphatic carbocycles. The van der Waals surface area contributed by atoms with Crippen molar-refractivity contribution in [2.24, 2.45) is 0 Å². The standard InChI is InChI=1S/C8H17NO2.HNO3/c10-6-2-1-3-9-4-7-11-8-5-9;2-1(3)4/h10H,1-8H2;(H,2,3,4). The molecule has 0 saturated carbocycles. The van der Waals surface area contributed by atoms with E-state index in [-0.39, 0.29) is 0 Å².